The third-order valence-corrected chi connectivity index (χ3v) is 6.63. The van der Waals surface area contributed by atoms with Crippen LogP contribution in [0.5, 0.6) is 0 Å². The van der Waals surface area contributed by atoms with Gasteiger partial charge in [0.05, 0.1) is 10.5 Å². The van der Waals surface area contributed by atoms with E-state index < -0.39 is 38.3 Å². The van der Waals surface area contributed by atoms with Gasteiger partial charge >= 0.3 is 12.1 Å². The summed E-state index contributed by atoms with van der Waals surface area (Å²) in [6, 6.07) is -1.13. The standard InChI is InChI=1S/C14H27NO6S2/c1-13(2,3)21-12(18)15-10(11(16)17)9-22-7-8-23(19,20)14(4,5)6/h10H,7-9H2,1-6H3,(H,15,18)(H,16,17). The molecule has 0 fully saturated rings. The van der Waals surface area contributed by atoms with Gasteiger partial charge in [-0.3, -0.25) is 0 Å². The first kappa shape index (κ1) is 22.0. The van der Waals surface area contributed by atoms with E-state index in [0.717, 1.165) is 11.8 Å². The maximum Gasteiger partial charge on any atom is 0.408 e. The maximum atomic E-state index is 11.9. The molecule has 0 bridgehead atoms. The maximum absolute atomic E-state index is 11.9. The van der Waals surface area contributed by atoms with Crippen LogP contribution in [-0.4, -0.2) is 59.2 Å². The number of thioether (sulfide) groups is 1. The molecule has 0 saturated carbocycles. The molecular formula is C14H27NO6S2. The van der Waals surface area contributed by atoms with Gasteiger partial charge < -0.3 is 15.2 Å². The van der Waals surface area contributed by atoms with Crippen LogP contribution in [0.3, 0.4) is 0 Å². The van der Waals surface area contributed by atoms with Crippen LogP contribution in [0.4, 0.5) is 4.79 Å². The number of carbonyl (C=O) groups is 2. The number of hydrogen-bond donors (Lipinski definition) is 2. The fourth-order valence-corrected chi connectivity index (χ4v) is 3.89. The predicted octanol–water partition coefficient (Wildman–Crippen LogP) is 1.91. The van der Waals surface area contributed by atoms with Crippen molar-refractivity contribution in [3.05, 3.63) is 0 Å². The Kier molecular flexibility index (Phi) is 7.89. The van der Waals surface area contributed by atoms with Crippen LogP contribution in [0.15, 0.2) is 0 Å². The molecule has 9 heteroatoms. The first-order valence-corrected chi connectivity index (χ1v) is 9.99. The molecule has 7 nitrogen and oxygen atoms in total. The topological polar surface area (TPSA) is 110 Å². The average molecular weight is 370 g/mol. The van der Waals surface area contributed by atoms with Crippen molar-refractivity contribution in [3.8, 4) is 0 Å². The van der Waals surface area contributed by atoms with E-state index in [2.05, 4.69) is 5.32 Å². The summed E-state index contributed by atoms with van der Waals surface area (Å²) in [7, 11) is -3.24. The molecule has 0 aliphatic rings. The second-order valence-corrected chi connectivity index (χ2v) is 11.1. The van der Waals surface area contributed by atoms with Crippen LogP contribution < -0.4 is 5.32 Å². The van der Waals surface area contributed by atoms with E-state index in [0.29, 0.717) is 0 Å². The molecule has 2 N–H and O–H groups in total. The Hall–Kier alpha value is -0.960. The largest absolute Gasteiger partial charge is 0.480 e. The van der Waals surface area contributed by atoms with Crippen molar-refractivity contribution in [2.24, 2.45) is 0 Å². The van der Waals surface area contributed by atoms with Gasteiger partial charge in [-0.2, -0.15) is 11.8 Å². The highest BCUT2D eigenvalue weighted by molar-refractivity contribution is 8.00. The van der Waals surface area contributed by atoms with E-state index in [1.54, 1.807) is 41.5 Å². The summed E-state index contributed by atoms with van der Waals surface area (Å²) in [6.45, 7) is 9.89. The van der Waals surface area contributed by atoms with Gasteiger partial charge in [0.2, 0.25) is 0 Å². The number of alkyl carbamates (subject to hydrolysis) is 1. The van der Waals surface area contributed by atoms with Crippen LogP contribution in [0, 0.1) is 0 Å². The fraction of sp³-hybridized carbons (Fsp3) is 0.857. The van der Waals surface area contributed by atoms with Crippen molar-refractivity contribution in [2.75, 3.05) is 17.3 Å². The number of ether oxygens (including phenoxy) is 1. The van der Waals surface area contributed by atoms with Crippen molar-refractivity contribution in [2.45, 2.75) is 57.9 Å². The molecule has 0 aliphatic carbocycles. The summed E-state index contributed by atoms with van der Waals surface area (Å²) in [5.74, 6) is -0.907. The molecule has 0 saturated heterocycles. The Morgan fingerprint density at radius 2 is 1.70 bits per heavy atom. The predicted molar refractivity (Wildman–Crippen MR) is 91.7 cm³/mol. The molecule has 1 amide bonds. The third kappa shape index (κ3) is 9.04. The zero-order valence-corrected chi connectivity index (χ0v) is 16.1. The van der Waals surface area contributed by atoms with Crippen LogP contribution >= 0.6 is 11.8 Å². The Labute approximate surface area is 142 Å². The van der Waals surface area contributed by atoms with Crippen LogP contribution in [0.2, 0.25) is 0 Å². The van der Waals surface area contributed by atoms with Gasteiger partial charge in [-0.15, -0.1) is 0 Å². The number of aliphatic carboxylic acids is 1. The lowest BCUT2D eigenvalue weighted by Crippen LogP contribution is -2.45. The van der Waals surface area contributed by atoms with Gasteiger partial charge in [-0.05, 0) is 41.5 Å². The molecule has 0 spiro atoms. The van der Waals surface area contributed by atoms with Crippen LogP contribution in [0.1, 0.15) is 41.5 Å². The highest BCUT2D eigenvalue weighted by Crippen LogP contribution is 2.17. The van der Waals surface area contributed by atoms with E-state index in [9.17, 15) is 18.0 Å². The number of nitrogens with one attached hydrogen (secondary N) is 1. The summed E-state index contributed by atoms with van der Waals surface area (Å²) < 4.78 is 28.1. The van der Waals surface area contributed by atoms with E-state index in [4.69, 9.17) is 9.84 Å². The van der Waals surface area contributed by atoms with Crippen molar-refractivity contribution >= 4 is 33.7 Å². The second kappa shape index (κ2) is 8.23. The van der Waals surface area contributed by atoms with Gasteiger partial charge in [-0.1, -0.05) is 0 Å². The Bertz CT molecular complexity index is 516. The number of rotatable bonds is 7. The smallest absolute Gasteiger partial charge is 0.408 e. The quantitative estimate of drug-likeness (QED) is 0.660. The Balaban J connectivity index is 4.43. The molecule has 1 atom stereocenters. The van der Waals surface area contributed by atoms with E-state index in [1.807, 2.05) is 0 Å². The number of carbonyl (C=O) groups excluding carboxylic acids is 1. The highest BCUT2D eigenvalue weighted by atomic mass is 32.2. The third-order valence-electron chi connectivity index (χ3n) is 2.70. The zero-order valence-electron chi connectivity index (χ0n) is 14.5. The normalized spacial score (nSPS) is 14.2. The monoisotopic (exact) mass is 369 g/mol. The molecule has 0 aliphatic heterocycles. The molecule has 0 aromatic carbocycles. The van der Waals surface area contributed by atoms with Crippen molar-refractivity contribution in [3.63, 3.8) is 0 Å². The summed E-state index contributed by atoms with van der Waals surface area (Å²) in [6.07, 6.45) is -0.812. The molecule has 0 radical (unpaired) electrons. The summed E-state index contributed by atoms with van der Waals surface area (Å²) in [5.41, 5.74) is -0.721. The number of carboxylic acids is 1. The van der Waals surface area contributed by atoms with Crippen molar-refractivity contribution in [1.29, 1.82) is 0 Å². The minimum atomic E-state index is -3.24. The lowest BCUT2D eigenvalue weighted by atomic mass is 10.2. The molecule has 136 valence electrons. The van der Waals surface area contributed by atoms with Gasteiger partial charge in [-0.25, -0.2) is 18.0 Å². The van der Waals surface area contributed by atoms with Gasteiger partial charge in [0.1, 0.15) is 11.6 Å². The summed E-state index contributed by atoms with van der Waals surface area (Å²) in [5, 5.41) is 11.4. The van der Waals surface area contributed by atoms with Crippen LogP contribution in [-0.2, 0) is 19.4 Å². The first-order chi connectivity index (χ1) is 10.2. The number of amides is 1. The summed E-state index contributed by atoms with van der Waals surface area (Å²) >= 11 is 1.16. The second-order valence-electron chi connectivity index (χ2n) is 7.04. The van der Waals surface area contributed by atoms with Gasteiger partial charge in [0, 0.05) is 11.5 Å². The number of carboxylic acid groups (broad SMARTS) is 1. The van der Waals surface area contributed by atoms with E-state index in [1.165, 1.54) is 0 Å². The minimum absolute atomic E-state index is 0.0417. The Morgan fingerprint density at radius 3 is 2.09 bits per heavy atom. The van der Waals surface area contributed by atoms with Gasteiger partial charge in [0.15, 0.2) is 9.84 Å². The SMILES string of the molecule is CC(C)(C)OC(=O)NC(CSCCS(=O)(=O)C(C)(C)C)C(=O)O. The lowest BCUT2D eigenvalue weighted by Gasteiger charge is -2.22. The molecular weight excluding hydrogens is 342 g/mol. The lowest BCUT2D eigenvalue weighted by molar-refractivity contribution is -0.138. The molecule has 0 aromatic heterocycles. The van der Waals surface area contributed by atoms with Crippen molar-refractivity contribution in [1.82, 2.24) is 5.32 Å². The van der Waals surface area contributed by atoms with E-state index in [-0.39, 0.29) is 17.3 Å². The van der Waals surface area contributed by atoms with Crippen LogP contribution in [0.25, 0.3) is 0 Å². The highest BCUT2D eigenvalue weighted by Gasteiger charge is 2.29. The fourth-order valence-electron chi connectivity index (χ4n) is 1.30. The molecule has 1 unspecified atom stereocenters. The zero-order chi connectivity index (χ0) is 18.5. The number of hydrogen-bond acceptors (Lipinski definition) is 6. The van der Waals surface area contributed by atoms with E-state index >= 15 is 0 Å². The van der Waals surface area contributed by atoms with Crippen molar-refractivity contribution < 1.29 is 27.9 Å². The summed E-state index contributed by atoms with van der Waals surface area (Å²) in [4.78, 5) is 22.7. The van der Waals surface area contributed by atoms with Gasteiger partial charge in [0.25, 0.3) is 0 Å². The first-order valence-electron chi connectivity index (χ1n) is 7.18. The molecule has 0 rings (SSSR count). The average Bonchev–Trinajstić information content (AvgIpc) is 2.28. The molecule has 23 heavy (non-hydrogen) atoms. The molecule has 0 heterocycles. The minimum Gasteiger partial charge on any atom is -0.480 e. The Morgan fingerprint density at radius 1 is 1.17 bits per heavy atom. The number of sulfone groups is 1. The molecule has 0 aromatic rings.